The number of nitrogens with zero attached hydrogens (tertiary/aromatic N) is 2. The Labute approximate surface area is 188 Å². The molecule has 2 saturated heterocycles. The molecule has 3 N–H and O–H groups in total. The Balaban J connectivity index is 1.43. The molecule has 0 bridgehead atoms. The Kier molecular flexibility index (Phi) is 7.37. The van der Waals surface area contributed by atoms with Gasteiger partial charge in [-0.2, -0.15) is 0 Å². The fourth-order valence-electron chi connectivity index (χ4n) is 4.04. The number of amides is 1. The highest BCUT2D eigenvalue weighted by atomic mass is 35.5. The quantitative estimate of drug-likeness (QED) is 0.626. The van der Waals surface area contributed by atoms with Crippen LogP contribution in [0, 0.1) is 11.8 Å². The van der Waals surface area contributed by atoms with Crippen molar-refractivity contribution in [1.29, 1.82) is 0 Å². The largest absolute Gasteiger partial charge is 0.381 e. The molecule has 4 rings (SSSR count). The number of piperidine rings is 1. The highest BCUT2D eigenvalue weighted by Gasteiger charge is 2.24. The van der Waals surface area contributed by atoms with Gasteiger partial charge in [-0.1, -0.05) is 17.7 Å². The van der Waals surface area contributed by atoms with Crippen LogP contribution in [0.25, 0.3) is 11.3 Å². The Morgan fingerprint density at radius 2 is 2.06 bits per heavy atom. The first kappa shape index (κ1) is 22.0. The Bertz CT molecular complexity index is 895. The van der Waals surface area contributed by atoms with Crippen LogP contribution in [-0.4, -0.2) is 48.2 Å². The molecule has 31 heavy (non-hydrogen) atoms. The number of halogens is 1. The van der Waals surface area contributed by atoms with Crippen LogP contribution in [0.1, 0.15) is 32.6 Å². The number of carbonyl (C=O) groups is 1. The van der Waals surface area contributed by atoms with E-state index in [4.69, 9.17) is 21.3 Å². The molecule has 2 aliphatic heterocycles. The van der Waals surface area contributed by atoms with Crippen molar-refractivity contribution in [2.75, 3.05) is 36.9 Å². The molecule has 166 valence electrons. The molecule has 0 spiro atoms. The Morgan fingerprint density at radius 3 is 2.84 bits per heavy atom. The van der Waals surface area contributed by atoms with Crippen molar-refractivity contribution in [3.05, 3.63) is 35.5 Å². The summed E-state index contributed by atoms with van der Waals surface area (Å²) in [4.78, 5) is 21.7. The maximum Gasteiger partial charge on any atom is 0.229 e. The smallest absolute Gasteiger partial charge is 0.229 e. The summed E-state index contributed by atoms with van der Waals surface area (Å²) in [6.45, 7) is 5.36. The molecule has 0 aliphatic carbocycles. The number of hydrogen-bond acceptors (Lipinski definition) is 6. The average molecular weight is 444 g/mol. The van der Waals surface area contributed by atoms with Crippen molar-refractivity contribution in [3.63, 3.8) is 0 Å². The first-order chi connectivity index (χ1) is 15.1. The summed E-state index contributed by atoms with van der Waals surface area (Å²) >= 11 is 6.42. The SMILES string of the molecule is C[C@@H]1CC[C@@H](C(=O)Nc2cc(-c3cccc(NCC4CCOCC4)n3)c(Cl)cn2)CN1. The predicted molar refractivity (Wildman–Crippen MR) is 123 cm³/mol. The molecule has 2 aromatic heterocycles. The molecule has 2 aromatic rings. The molecule has 0 radical (unpaired) electrons. The van der Waals surface area contributed by atoms with E-state index in [0.29, 0.717) is 29.3 Å². The van der Waals surface area contributed by atoms with Crippen molar-refractivity contribution in [1.82, 2.24) is 15.3 Å². The van der Waals surface area contributed by atoms with E-state index in [1.807, 2.05) is 18.2 Å². The minimum absolute atomic E-state index is 0.0139. The highest BCUT2D eigenvalue weighted by Crippen LogP contribution is 2.29. The number of aromatic nitrogens is 2. The van der Waals surface area contributed by atoms with Crippen LogP contribution >= 0.6 is 11.6 Å². The van der Waals surface area contributed by atoms with E-state index in [1.54, 1.807) is 12.3 Å². The van der Waals surface area contributed by atoms with E-state index >= 15 is 0 Å². The number of anilines is 2. The normalized spacial score (nSPS) is 22.1. The summed E-state index contributed by atoms with van der Waals surface area (Å²) in [6, 6.07) is 8.08. The topological polar surface area (TPSA) is 88.2 Å². The summed E-state index contributed by atoms with van der Waals surface area (Å²) < 4.78 is 5.43. The van der Waals surface area contributed by atoms with Gasteiger partial charge in [0.15, 0.2) is 0 Å². The second kappa shape index (κ2) is 10.4. The van der Waals surface area contributed by atoms with Gasteiger partial charge in [-0.05, 0) is 56.7 Å². The zero-order valence-corrected chi connectivity index (χ0v) is 18.6. The zero-order valence-electron chi connectivity index (χ0n) is 17.9. The first-order valence-electron chi connectivity index (χ1n) is 11.1. The standard InChI is InChI=1S/C23H30ClN5O2/c1-15-5-6-17(13-25-15)23(30)29-22-11-18(19(24)14-27-22)20-3-2-4-21(28-20)26-12-16-7-9-31-10-8-16/h2-4,11,14-17,25H,5-10,12-13H2,1H3,(H,26,28)(H,27,29,30)/t15-,17-/m1/s1. The minimum Gasteiger partial charge on any atom is -0.381 e. The lowest BCUT2D eigenvalue weighted by molar-refractivity contribution is -0.120. The molecule has 2 aliphatic rings. The van der Waals surface area contributed by atoms with Gasteiger partial charge in [0, 0.05) is 44.1 Å². The molecule has 7 nitrogen and oxygen atoms in total. The molecule has 0 unspecified atom stereocenters. The lowest BCUT2D eigenvalue weighted by atomic mass is 9.95. The van der Waals surface area contributed by atoms with Crippen LogP contribution in [0.3, 0.4) is 0 Å². The molecular formula is C23H30ClN5O2. The molecular weight excluding hydrogens is 414 g/mol. The Morgan fingerprint density at radius 1 is 1.23 bits per heavy atom. The van der Waals surface area contributed by atoms with Crippen LogP contribution in [0.15, 0.2) is 30.5 Å². The molecule has 8 heteroatoms. The van der Waals surface area contributed by atoms with Gasteiger partial charge in [-0.15, -0.1) is 0 Å². The number of hydrogen-bond donors (Lipinski definition) is 3. The maximum atomic E-state index is 12.6. The summed E-state index contributed by atoms with van der Waals surface area (Å²) in [5.74, 6) is 1.84. The number of rotatable bonds is 6. The van der Waals surface area contributed by atoms with Gasteiger partial charge in [0.05, 0.1) is 16.6 Å². The van der Waals surface area contributed by atoms with E-state index in [9.17, 15) is 4.79 Å². The molecule has 1 amide bonds. The van der Waals surface area contributed by atoms with E-state index in [2.05, 4.69) is 27.9 Å². The number of ether oxygens (including phenoxy) is 1. The van der Waals surface area contributed by atoms with Crippen molar-refractivity contribution in [2.24, 2.45) is 11.8 Å². The van der Waals surface area contributed by atoms with Crippen LogP contribution < -0.4 is 16.0 Å². The average Bonchev–Trinajstić information content (AvgIpc) is 2.80. The van der Waals surface area contributed by atoms with Crippen LogP contribution in [-0.2, 0) is 9.53 Å². The highest BCUT2D eigenvalue weighted by molar-refractivity contribution is 6.33. The van der Waals surface area contributed by atoms with Gasteiger partial charge in [0.1, 0.15) is 11.6 Å². The van der Waals surface area contributed by atoms with E-state index in [1.165, 1.54) is 0 Å². The molecule has 4 heterocycles. The van der Waals surface area contributed by atoms with Crippen molar-refractivity contribution in [3.8, 4) is 11.3 Å². The fraction of sp³-hybridized carbons (Fsp3) is 0.522. The van der Waals surface area contributed by atoms with Gasteiger partial charge in [0.25, 0.3) is 0 Å². The van der Waals surface area contributed by atoms with Gasteiger partial charge < -0.3 is 20.7 Å². The molecule has 0 aromatic carbocycles. The number of carbonyl (C=O) groups excluding carboxylic acids is 1. The monoisotopic (exact) mass is 443 g/mol. The van der Waals surface area contributed by atoms with Crippen molar-refractivity contribution in [2.45, 2.75) is 38.6 Å². The molecule has 2 fully saturated rings. The van der Waals surface area contributed by atoms with Crippen molar-refractivity contribution < 1.29 is 9.53 Å². The predicted octanol–water partition coefficient (Wildman–Crippen LogP) is 3.96. The van der Waals surface area contributed by atoms with E-state index in [0.717, 1.165) is 62.5 Å². The number of nitrogens with one attached hydrogen (secondary N) is 3. The second-order valence-corrected chi connectivity index (χ2v) is 8.87. The molecule has 2 atom stereocenters. The lowest BCUT2D eigenvalue weighted by Gasteiger charge is -2.26. The van der Waals surface area contributed by atoms with Crippen LogP contribution in [0.4, 0.5) is 11.6 Å². The fourth-order valence-corrected chi connectivity index (χ4v) is 4.24. The third-order valence-electron chi connectivity index (χ3n) is 6.08. The van der Waals surface area contributed by atoms with Gasteiger partial charge in [0.2, 0.25) is 5.91 Å². The summed E-state index contributed by atoms with van der Waals surface area (Å²) in [7, 11) is 0. The lowest BCUT2D eigenvalue weighted by Crippen LogP contribution is -2.41. The third-order valence-corrected chi connectivity index (χ3v) is 6.38. The Hall–Kier alpha value is -2.22. The first-order valence-corrected chi connectivity index (χ1v) is 11.4. The summed E-state index contributed by atoms with van der Waals surface area (Å²) in [5, 5.41) is 10.2. The molecule has 0 saturated carbocycles. The van der Waals surface area contributed by atoms with Gasteiger partial charge in [-0.3, -0.25) is 4.79 Å². The summed E-state index contributed by atoms with van der Waals surface area (Å²) in [6.07, 6.45) is 5.58. The van der Waals surface area contributed by atoms with Crippen LogP contribution in [0.2, 0.25) is 5.02 Å². The third kappa shape index (κ3) is 5.93. The summed E-state index contributed by atoms with van der Waals surface area (Å²) in [5.41, 5.74) is 1.49. The van der Waals surface area contributed by atoms with Gasteiger partial charge >= 0.3 is 0 Å². The maximum absolute atomic E-state index is 12.6. The second-order valence-electron chi connectivity index (χ2n) is 8.47. The zero-order chi connectivity index (χ0) is 21.6. The van der Waals surface area contributed by atoms with Gasteiger partial charge in [-0.25, -0.2) is 9.97 Å². The van der Waals surface area contributed by atoms with Crippen molar-refractivity contribution >= 4 is 29.1 Å². The number of pyridine rings is 2. The minimum atomic E-state index is -0.0482. The van der Waals surface area contributed by atoms with E-state index in [-0.39, 0.29) is 11.8 Å². The van der Waals surface area contributed by atoms with E-state index < -0.39 is 0 Å². The van der Waals surface area contributed by atoms with Crippen LogP contribution in [0.5, 0.6) is 0 Å².